The quantitative estimate of drug-likeness (QED) is 0.790. The fourth-order valence-electron chi connectivity index (χ4n) is 1.57. The normalized spacial score (nSPS) is 10.2. The highest BCUT2D eigenvalue weighted by Crippen LogP contribution is 2.20. The maximum Gasteiger partial charge on any atom is 0.196 e. The first-order valence-electron chi connectivity index (χ1n) is 5.25. The largest absolute Gasteiger partial charge is 0.497 e. The van der Waals surface area contributed by atoms with Crippen molar-refractivity contribution in [1.29, 1.82) is 0 Å². The van der Waals surface area contributed by atoms with Crippen LogP contribution in [0.2, 0.25) is 5.02 Å². The van der Waals surface area contributed by atoms with Crippen molar-refractivity contribution in [2.45, 2.75) is 0 Å². The summed E-state index contributed by atoms with van der Waals surface area (Å²) in [5, 5.41) is 0.327. The molecule has 0 radical (unpaired) electrons. The minimum atomic E-state index is -0.583. The zero-order valence-electron chi connectivity index (χ0n) is 9.61. The Bertz CT molecular complexity index is 579. The van der Waals surface area contributed by atoms with Crippen molar-refractivity contribution in [1.82, 2.24) is 0 Å². The predicted octanol–water partition coefficient (Wildman–Crippen LogP) is 3.72. The lowest BCUT2D eigenvalue weighted by atomic mass is 10.0. The lowest BCUT2D eigenvalue weighted by Crippen LogP contribution is -2.04. The number of ether oxygens (including phenoxy) is 1. The van der Waals surface area contributed by atoms with Crippen LogP contribution in [0.3, 0.4) is 0 Å². The molecule has 4 heteroatoms. The molecular formula is C14H10ClFO2. The van der Waals surface area contributed by atoms with E-state index in [1.165, 1.54) is 25.3 Å². The van der Waals surface area contributed by atoms with E-state index in [4.69, 9.17) is 16.3 Å². The monoisotopic (exact) mass is 264 g/mol. The Morgan fingerprint density at radius 2 is 1.83 bits per heavy atom. The molecule has 0 N–H and O–H groups in total. The van der Waals surface area contributed by atoms with Crippen molar-refractivity contribution >= 4 is 17.4 Å². The first kappa shape index (κ1) is 12.6. The molecule has 0 aliphatic heterocycles. The number of halogens is 2. The molecule has 0 heterocycles. The van der Waals surface area contributed by atoms with Crippen molar-refractivity contribution in [3.8, 4) is 5.75 Å². The zero-order chi connectivity index (χ0) is 13.1. The smallest absolute Gasteiger partial charge is 0.196 e. The van der Waals surface area contributed by atoms with Gasteiger partial charge < -0.3 is 4.74 Å². The Balaban J connectivity index is 2.38. The molecule has 0 spiro atoms. The van der Waals surface area contributed by atoms with Crippen LogP contribution in [0.15, 0.2) is 42.5 Å². The molecule has 2 aromatic carbocycles. The van der Waals surface area contributed by atoms with E-state index in [-0.39, 0.29) is 5.56 Å². The number of hydrogen-bond acceptors (Lipinski definition) is 2. The fraction of sp³-hybridized carbons (Fsp3) is 0.0714. The van der Waals surface area contributed by atoms with E-state index < -0.39 is 11.6 Å². The van der Waals surface area contributed by atoms with Gasteiger partial charge in [-0.2, -0.15) is 0 Å². The molecule has 0 unspecified atom stereocenters. The van der Waals surface area contributed by atoms with Gasteiger partial charge in [0.1, 0.15) is 11.6 Å². The van der Waals surface area contributed by atoms with Crippen LogP contribution in [0.25, 0.3) is 0 Å². The Hall–Kier alpha value is -1.87. The van der Waals surface area contributed by atoms with Gasteiger partial charge in [-0.1, -0.05) is 11.6 Å². The number of hydrogen-bond donors (Lipinski definition) is 0. The van der Waals surface area contributed by atoms with Crippen molar-refractivity contribution < 1.29 is 13.9 Å². The highest BCUT2D eigenvalue weighted by molar-refractivity contribution is 6.31. The molecule has 92 valence electrons. The van der Waals surface area contributed by atoms with Crippen LogP contribution in [0.1, 0.15) is 15.9 Å². The van der Waals surface area contributed by atoms with Crippen LogP contribution in [-0.2, 0) is 0 Å². The van der Waals surface area contributed by atoms with Crippen LogP contribution in [0, 0.1) is 5.82 Å². The van der Waals surface area contributed by atoms with E-state index in [9.17, 15) is 9.18 Å². The summed E-state index contributed by atoms with van der Waals surface area (Å²) in [5.74, 6) is -0.351. The summed E-state index contributed by atoms with van der Waals surface area (Å²) < 4.78 is 18.5. The van der Waals surface area contributed by atoms with Gasteiger partial charge in [0.2, 0.25) is 0 Å². The van der Waals surface area contributed by atoms with Crippen LogP contribution in [0.5, 0.6) is 5.75 Å². The van der Waals surface area contributed by atoms with Gasteiger partial charge in [-0.05, 0) is 42.5 Å². The second-order valence-electron chi connectivity index (χ2n) is 3.68. The van der Waals surface area contributed by atoms with Crippen LogP contribution < -0.4 is 4.74 Å². The van der Waals surface area contributed by atoms with E-state index in [1.807, 2.05) is 0 Å². The highest BCUT2D eigenvalue weighted by atomic mass is 35.5. The SMILES string of the molecule is COc1ccc(C(=O)c2cc(Cl)ccc2F)cc1. The molecule has 0 saturated heterocycles. The van der Waals surface area contributed by atoms with E-state index >= 15 is 0 Å². The first-order valence-corrected chi connectivity index (χ1v) is 5.63. The average molecular weight is 265 g/mol. The molecule has 2 rings (SSSR count). The van der Waals surface area contributed by atoms with Crippen molar-refractivity contribution in [2.75, 3.05) is 7.11 Å². The van der Waals surface area contributed by atoms with Gasteiger partial charge in [-0.15, -0.1) is 0 Å². The molecule has 0 aromatic heterocycles. The van der Waals surface area contributed by atoms with Gasteiger partial charge in [0.25, 0.3) is 0 Å². The number of benzene rings is 2. The first-order chi connectivity index (χ1) is 8.61. The molecule has 18 heavy (non-hydrogen) atoms. The second kappa shape index (κ2) is 5.19. The molecular weight excluding hydrogens is 255 g/mol. The lowest BCUT2D eigenvalue weighted by molar-refractivity contribution is 0.103. The minimum absolute atomic E-state index is 0.0346. The summed E-state index contributed by atoms with van der Waals surface area (Å²) in [7, 11) is 1.54. The number of ketones is 1. The van der Waals surface area contributed by atoms with Gasteiger partial charge in [0.15, 0.2) is 5.78 Å². The lowest BCUT2D eigenvalue weighted by Gasteiger charge is -2.04. The van der Waals surface area contributed by atoms with Crippen molar-refractivity contribution in [2.24, 2.45) is 0 Å². The van der Waals surface area contributed by atoms with Gasteiger partial charge in [-0.25, -0.2) is 4.39 Å². The Kier molecular flexibility index (Phi) is 3.63. The standard InChI is InChI=1S/C14H10ClFO2/c1-18-11-5-2-9(3-6-11)14(17)12-8-10(15)4-7-13(12)16/h2-8H,1H3. The third kappa shape index (κ3) is 2.51. The molecule has 0 atom stereocenters. The fourth-order valence-corrected chi connectivity index (χ4v) is 1.74. The van der Waals surface area contributed by atoms with E-state index in [0.29, 0.717) is 16.3 Å². The molecule has 0 amide bonds. The highest BCUT2D eigenvalue weighted by Gasteiger charge is 2.14. The van der Waals surface area contributed by atoms with Crippen LogP contribution in [0.4, 0.5) is 4.39 Å². The number of methoxy groups -OCH3 is 1. The van der Waals surface area contributed by atoms with E-state index in [0.717, 1.165) is 0 Å². The molecule has 0 saturated carbocycles. The van der Waals surface area contributed by atoms with Crippen molar-refractivity contribution in [3.63, 3.8) is 0 Å². The average Bonchev–Trinajstić information content (AvgIpc) is 2.41. The maximum absolute atomic E-state index is 13.5. The topological polar surface area (TPSA) is 26.3 Å². The number of carbonyl (C=O) groups excluding carboxylic acids is 1. The number of rotatable bonds is 3. The Labute approximate surface area is 109 Å². The zero-order valence-corrected chi connectivity index (χ0v) is 10.4. The summed E-state index contributed by atoms with van der Waals surface area (Å²) in [5.41, 5.74) is 0.352. The van der Waals surface area contributed by atoms with Crippen LogP contribution in [-0.4, -0.2) is 12.9 Å². The molecule has 2 nitrogen and oxygen atoms in total. The molecule has 0 bridgehead atoms. The summed E-state index contributed by atoms with van der Waals surface area (Å²) in [4.78, 5) is 12.1. The predicted molar refractivity (Wildman–Crippen MR) is 67.8 cm³/mol. The molecule has 0 fully saturated rings. The van der Waals surface area contributed by atoms with Crippen molar-refractivity contribution in [3.05, 3.63) is 64.4 Å². The van der Waals surface area contributed by atoms with E-state index in [1.54, 1.807) is 24.3 Å². The third-order valence-electron chi connectivity index (χ3n) is 2.53. The van der Waals surface area contributed by atoms with Gasteiger partial charge >= 0.3 is 0 Å². The Morgan fingerprint density at radius 3 is 2.44 bits per heavy atom. The second-order valence-corrected chi connectivity index (χ2v) is 4.12. The number of carbonyl (C=O) groups is 1. The van der Waals surface area contributed by atoms with Gasteiger partial charge in [0, 0.05) is 10.6 Å². The van der Waals surface area contributed by atoms with Crippen LogP contribution >= 0.6 is 11.6 Å². The van der Waals surface area contributed by atoms with Gasteiger partial charge in [0.05, 0.1) is 12.7 Å². The summed E-state index contributed by atoms with van der Waals surface area (Å²) in [6.45, 7) is 0. The molecule has 2 aromatic rings. The van der Waals surface area contributed by atoms with E-state index in [2.05, 4.69) is 0 Å². The summed E-state index contributed by atoms with van der Waals surface area (Å²) in [6, 6.07) is 10.4. The third-order valence-corrected chi connectivity index (χ3v) is 2.76. The summed E-state index contributed by atoms with van der Waals surface area (Å²) in [6.07, 6.45) is 0. The Morgan fingerprint density at radius 1 is 1.17 bits per heavy atom. The van der Waals surface area contributed by atoms with Gasteiger partial charge in [-0.3, -0.25) is 4.79 Å². The molecule has 0 aliphatic carbocycles. The minimum Gasteiger partial charge on any atom is -0.497 e. The molecule has 0 aliphatic rings. The maximum atomic E-state index is 13.5. The summed E-state index contributed by atoms with van der Waals surface area (Å²) >= 11 is 5.76.